The van der Waals surface area contributed by atoms with Gasteiger partial charge in [0.05, 0.1) is 0 Å². The van der Waals surface area contributed by atoms with E-state index < -0.39 is 0 Å². The average molecular weight is 187 g/mol. The van der Waals surface area contributed by atoms with Gasteiger partial charge in [0.25, 0.3) is 0 Å². The van der Waals surface area contributed by atoms with E-state index in [1.165, 1.54) is 0 Å². The van der Waals surface area contributed by atoms with E-state index in [-0.39, 0.29) is 0 Å². The highest BCUT2D eigenvalue weighted by molar-refractivity contribution is 5.49. The summed E-state index contributed by atoms with van der Waals surface area (Å²) in [7, 11) is 2.03. The molecule has 0 unspecified atom stereocenters. The first-order valence-corrected chi connectivity index (χ1v) is 4.93. The van der Waals surface area contributed by atoms with Crippen LogP contribution in [0.1, 0.15) is 33.6 Å². The minimum absolute atomic E-state index is 0.663. The van der Waals surface area contributed by atoms with Gasteiger partial charge in [-0.3, -0.25) is 0 Å². The van der Waals surface area contributed by atoms with Gasteiger partial charge in [-0.25, -0.2) is 0 Å². The maximum Gasteiger partial charge on any atom is 0.121 e. The summed E-state index contributed by atoms with van der Waals surface area (Å²) >= 11 is 0. The van der Waals surface area contributed by atoms with Crippen LogP contribution < -0.4 is 0 Å². The van der Waals surface area contributed by atoms with Gasteiger partial charge < -0.3 is 9.69 Å². The minimum atomic E-state index is 0.663. The van der Waals surface area contributed by atoms with Crippen LogP contribution in [0.3, 0.4) is 0 Å². The van der Waals surface area contributed by atoms with Crippen LogP contribution >= 0.6 is 0 Å². The number of nitrogens with zero attached hydrogens (tertiary/aromatic N) is 1. The highest BCUT2D eigenvalue weighted by Gasteiger charge is 1.92. The third-order valence-electron chi connectivity index (χ3n) is 1.23. The van der Waals surface area contributed by atoms with Crippen LogP contribution in [0.2, 0.25) is 0 Å². The van der Waals surface area contributed by atoms with Gasteiger partial charge in [-0.15, -0.1) is 13.2 Å². The molecule has 0 aromatic rings. The van der Waals surface area contributed by atoms with E-state index in [9.17, 15) is 4.79 Å². The lowest BCUT2D eigenvalue weighted by Gasteiger charge is -2.12. The molecule has 0 N–H and O–H groups in total. The van der Waals surface area contributed by atoms with Gasteiger partial charge in [0, 0.05) is 13.0 Å². The Morgan fingerprint density at radius 2 is 1.69 bits per heavy atom. The third-order valence-corrected chi connectivity index (χ3v) is 1.23. The zero-order chi connectivity index (χ0) is 11.1. The molecule has 2 nitrogen and oxygen atoms in total. The Morgan fingerprint density at radius 1 is 1.23 bits per heavy atom. The summed E-state index contributed by atoms with van der Waals surface area (Å²) in [6.07, 6.45) is 2.79. The second-order valence-corrected chi connectivity index (χ2v) is 2.26. The summed E-state index contributed by atoms with van der Waals surface area (Å²) in [4.78, 5) is 12.0. The lowest BCUT2D eigenvalue weighted by atomic mass is 10.4. The minimum Gasteiger partial charge on any atom is -0.306 e. The SMILES string of the molecule is C=C.CC.CCCN(C)CCC=O. The summed E-state index contributed by atoms with van der Waals surface area (Å²) < 4.78 is 0. The topological polar surface area (TPSA) is 20.3 Å². The van der Waals surface area contributed by atoms with Gasteiger partial charge in [-0.2, -0.15) is 0 Å². The molecular weight excluding hydrogens is 162 g/mol. The molecule has 0 rings (SSSR count). The fraction of sp³-hybridized carbons (Fsp3) is 0.727. The fourth-order valence-electron chi connectivity index (χ4n) is 0.767. The summed E-state index contributed by atoms with van der Waals surface area (Å²) in [5.74, 6) is 0. The average Bonchev–Trinajstić information content (AvgIpc) is 2.21. The second-order valence-electron chi connectivity index (χ2n) is 2.26. The van der Waals surface area contributed by atoms with Crippen LogP contribution in [0.4, 0.5) is 0 Å². The standard InChI is InChI=1S/C7H15NO.C2H6.C2H4/c1-3-5-8(2)6-4-7-9;2*1-2/h7H,3-6H2,1-2H3;1-2H3;1-2H2. The highest BCUT2D eigenvalue weighted by Crippen LogP contribution is 1.86. The molecule has 80 valence electrons. The Balaban J connectivity index is -0.000000218. The van der Waals surface area contributed by atoms with E-state index in [0.717, 1.165) is 25.8 Å². The maximum atomic E-state index is 9.89. The van der Waals surface area contributed by atoms with E-state index >= 15 is 0 Å². The molecule has 0 heterocycles. The normalized spacial score (nSPS) is 7.77. The van der Waals surface area contributed by atoms with Crippen LogP contribution in [-0.4, -0.2) is 31.3 Å². The highest BCUT2D eigenvalue weighted by atomic mass is 16.1. The van der Waals surface area contributed by atoms with Gasteiger partial charge in [-0.05, 0) is 20.0 Å². The molecule has 0 aromatic carbocycles. The summed E-state index contributed by atoms with van der Waals surface area (Å²) in [5.41, 5.74) is 0. The van der Waals surface area contributed by atoms with Crippen LogP contribution in [0.25, 0.3) is 0 Å². The molecule has 13 heavy (non-hydrogen) atoms. The molecule has 0 atom stereocenters. The van der Waals surface area contributed by atoms with Gasteiger partial charge in [0.1, 0.15) is 6.29 Å². The quantitative estimate of drug-likeness (QED) is 0.487. The molecule has 0 aliphatic carbocycles. The number of hydrogen-bond acceptors (Lipinski definition) is 2. The molecule has 0 radical (unpaired) electrons. The van der Waals surface area contributed by atoms with Gasteiger partial charge in [0.2, 0.25) is 0 Å². The number of rotatable bonds is 5. The van der Waals surface area contributed by atoms with Crippen molar-refractivity contribution in [2.75, 3.05) is 20.1 Å². The smallest absolute Gasteiger partial charge is 0.121 e. The Hall–Kier alpha value is -0.630. The van der Waals surface area contributed by atoms with E-state index in [0.29, 0.717) is 6.42 Å². The first-order valence-electron chi connectivity index (χ1n) is 4.93. The molecule has 0 aromatic heterocycles. The predicted molar refractivity (Wildman–Crippen MR) is 61.1 cm³/mol. The second kappa shape index (κ2) is 22.5. The van der Waals surface area contributed by atoms with Crippen molar-refractivity contribution in [2.45, 2.75) is 33.6 Å². The number of carbonyl (C=O) groups excluding carboxylic acids is 1. The molecule has 0 amide bonds. The molecule has 0 saturated heterocycles. The summed E-state index contributed by atoms with van der Waals surface area (Å²) in [6.45, 7) is 14.1. The molecular formula is C11H25NO. The molecule has 0 aliphatic rings. The number of hydrogen-bond donors (Lipinski definition) is 0. The number of aldehydes is 1. The molecule has 0 bridgehead atoms. The number of carbonyl (C=O) groups is 1. The van der Waals surface area contributed by atoms with Gasteiger partial charge in [0.15, 0.2) is 0 Å². The molecule has 0 aliphatic heterocycles. The van der Waals surface area contributed by atoms with Crippen molar-refractivity contribution < 1.29 is 4.79 Å². The van der Waals surface area contributed by atoms with Crippen molar-refractivity contribution in [3.05, 3.63) is 13.2 Å². The monoisotopic (exact) mass is 187 g/mol. The van der Waals surface area contributed by atoms with Crippen molar-refractivity contribution >= 4 is 6.29 Å². The Kier molecular flexibility index (Phi) is 31.5. The zero-order valence-corrected chi connectivity index (χ0v) is 9.68. The first kappa shape index (κ1) is 18.2. The van der Waals surface area contributed by atoms with Crippen molar-refractivity contribution in [2.24, 2.45) is 0 Å². The Bertz CT molecular complexity index is 84.2. The van der Waals surface area contributed by atoms with Crippen molar-refractivity contribution in [3.63, 3.8) is 0 Å². The molecule has 2 heteroatoms. The summed E-state index contributed by atoms with van der Waals surface area (Å²) in [6, 6.07) is 0. The largest absolute Gasteiger partial charge is 0.306 e. The Labute approximate surface area is 83.6 Å². The van der Waals surface area contributed by atoms with E-state index in [2.05, 4.69) is 25.0 Å². The van der Waals surface area contributed by atoms with E-state index in [1.807, 2.05) is 20.9 Å². The van der Waals surface area contributed by atoms with Crippen molar-refractivity contribution in [3.8, 4) is 0 Å². The van der Waals surface area contributed by atoms with Crippen molar-refractivity contribution in [1.82, 2.24) is 4.90 Å². The first-order chi connectivity index (χ1) is 6.31. The molecule has 0 spiro atoms. The third kappa shape index (κ3) is 24.6. The van der Waals surface area contributed by atoms with Crippen LogP contribution in [0.15, 0.2) is 13.2 Å². The van der Waals surface area contributed by atoms with Crippen molar-refractivity contribution in [1.29, 1.82) is 0 Å². The maximum absolute atomic E-state index is 9.89. The lowest BCUT2D eigenvalue weighted by molar-refractivity contribution is -0.108. The fourth-order valence-corrected chi connectivity index (χ4v) is 0.767. The molecule has 0 saturated carbocycles. The Morgan fingerprint density at radius 3 is 2.00 bits per heavy atom. The van der Waals surface area contributed by atoms with Crippen LogP contribution in [0, 0.1) is 0 Å². The zero-order valence-electron chi connectivity index (χ0n) is 9.68. The van der Waals surface area contributed by atoms with E-state index in [4.69, 9.17) is 0 Å². The predicted octanol–water partition coefficient (Wildman–Crippen LogP) is 2.75. The van der Waals surface area contributed by atoms with E-state index in [1.54, 1.807) is 0 Å². The van der Waals surface area contributed by atoms with Crippen LogP contribution in [0.5, 0.6) is 0 Å². The van der Waals surface area contributed by atoms with Gasteiger partial charge >= 0.3 is 0 Å². The van der Waals surface area contributed by atoms with Gasteiger partial charge in [-0.1, -0.05) is 20.8 Å². The van der Waals surface area contributed by atoms with Crippen LogP contribution in [-0.2, 0) is 4.79 Å². The lowest BCUT2D eigenvalue weighted by Crippen LogP contribution is -2.20. The summed E-state index contributed by atoms with van der Waals surface area (Å²) in [5, 5.41) is 0. The molecule has 0 fully saturated rings.